The summed E-state index contributed by atoms with van der Waals surface area (Å²) in [6.07, 6.45) is 11.1. The average molecular weight is 757 g/mol. The number of fused-ring (bicyclic) bond motifs is 2. The lowest BCUT2D eigenvalue weighted by Gasteiger charge is -2.37. The first-order valence-electron chi connectivity index (χ1n) is 21.2. The molecule has 56 heavy (non-hydrogen) atoms. The van der Waals surface area contributed by atoms with Gasteiger partial charge in [-0.1, -0.05) is 30.3 Å². The monoisotopic (exact) mass is 757 g/mol. The van der Waals surface area contributed by atoms with Crippen molar-refractivity contribution in [1.29, 1.82) is 0 Å². The Hall–Kier alpha value is -3.90. The molecule has 0 aliphatic carbocycles. The predicted molar refractivity (Wildman–Crippen MR) is 229 cm³/mol. The van der Waals surface area contributed by atoms with E-state index in [1.54, 1.807) is 0 Å². The van der Waals surface area contributed by atoms with Crippen molar-refractivity contribution in [3.8, 4) is 0 Å². The number of anilines is 2. The molecule has 4 aliphatic rings. The fourth-order valence-corrected chi connectivity index (χ4v) is 9.56. The Bertz CT molecular complexity index is 1910. The molecule has 0 amide bonds. The molecule has 10 heteroatoms. The van der Waals surface area contributed by atoms with Crippen molar-refractivity contribution in [3.05, 3.63) is 117 Å². The molecule has 2 aromatic heterocycles. The second-order valence-electron chi connectivity index (χ2n) is 17.4. The van der Waals surface area contributed by atoms with Crippen LogP contribution in [0.4, 0.5) is 11.4 Å². The van der Waals surface area contributed by atoms with E-state index in [0.717, 1.165) is 116 Å². The number of aryl methyl sites for hydroxylation is 1. The van der Waals surface area contributed by atoms with Crippen LogP contribution in [-0.2, 0) is 45.4 Å². The summed E-state index contributed by atoms with van der Waals surface area (Å²) < 4.78 is 0. The Morgan fingerprint density at radius 2 is 1.36 bits per heavy atom. The number of nitrogens with zero attached hydrogens (tertiary/aromatic N) is 6. The first-order valence-corrected chi connectivity index (χ1v) is 21.2. The summed E-state index contributed by atoms with van der Waals surface area (Å²) >= 11 is 0. The molecule has 0 bridgehead atoms. The lowest BCUT2D eigenvalue weighted by molar-refractivity contribution is 0.270. The molecule has 2 saturated heterocycles. The molecule has 0 unspecified atom stereocenters. The zero-order valence-corrected chi connectivity index (χ0v) is 34.0. The number of likely N-dealkylation sites (N-methyl/N-ethyl adjacent to an activating group) is 2. The summed E-state index contributed by atoms with van der Waals surface area (Å²) in [5.41, 5.74) is 27.6. The summed E-state index contributed by atoms with van der Waals surface area (Å²) in [5, 5.41) is 7.76. The average Bonchev–Trinajstić information content (AvgIpc) is 3.20. The van der Waals surface area contributed by atoms with Crippen molar-refractivity contribution in [2.75, 3.05) is 63.2 Å². The Morgan fingerprint density at radius 1 is 0.714 bits per heavy atom. The van der Waals surface area contributed by atoms with E-state index < -0.39 is 0 Å². The van der Waals surface area contributed by atoms with Gasteiger partial charge >= 0.3 is 0 Å². The summed E-state index contributed by atoms with van der Waals surface area (Å²) in [4.78, 5) is 19.7. The Morgan fingerprint density at radius 3 is 2.04 bits per heavy atom. The van der Waals surface area contributed by atoms with E-state index in [-0.39, 0.29) is 0 Å². The first-order chi connectivity index (χ1) is 27.2. The van der Waals surface area contributed by atoms with Gasteiger partial charge in [0.2, 0.25) is 0 Å². The molecule has 2 aromatic carbocycles. The number of nitrogens with one attached hydrogen (secondary N) is 2. The number of piperidine rings is 2. The van der Waals surface area contributed by atoms with Crippen LogP contribution in [0.15, 0.2) is 67.0 Å². The van der Waals surface area contributed by atoms with Gasteiger partial charge in [0.1, 0.15) is 0 Å². The standard InChI is InChI=1S/C46H64N10/c1-32-9-10-39(50-25-32)28-53(2)29-41-24-43-36(27-52-41)21-33(22-46(43)56-18-13-38(48)14-19-56)20-34-7-5-15-49-44(34)31-54(3)30-40-23-42-35(26-51-40)6-4-8-45(42)55-16-11-37(47)12-17-55/h4-10,15,21-22,25,37-38,40-41,51-52H,11-14,16-20,23-24,26-31,47-48H2,1-3H3/t40-,41-/m1/s1. The van der Waals surface area contributed by atoms with Crippen molar-refractivity contribution < 1.29 is 0 Å². The van der Waals surface area contributed by atoms with E-state index in [1.165, 1.54) is 56.0 Å². The molecule has 8 rings (SSSR count). The minimum absolute atomic E-state index is 0.299. The van der Waals surface area contributed by atoms with Crippen molar-refractivity contribution in [3.63, 3.8) is 0 Å². The number of hydrogen-bond donors (Lipinski definition) is 4. The summed E-state index contributed by atoms with van der Waals surface area (Å²) in [5.74, 6) is 0. The number of rotatable bonds is 12. The van der Waals surface area contributed by atoms with Gasteiger partial charge in [0, 0.05) is 113 Å². The normalized spacial score (nSPS) is 20.8. The summed E-state index contributed by atoms with van der Waals surface area (Å²) in [6.45, 7) is 11.7. The molecule has 298 valence electrons. The van der Waals surface area contributed by atoms with Gasteiger partial charge in [-0.2, -0.15) is 0 Å². The quantitative estimate of drug-likeness (QED) is 0.165. The highest BCUT2D eigenvalue weighted by atomic mass is 15.2. The highest BCUT2D eigenvalue weighted by Gasteiger charge is 2.28. The zero-order valence-electron chi connectivity index (χ0n) is 34.0. The molecule has 10 nitrogen and oxygen atoms in total. The van der Waals surface area contributed by atoms with Crippen LogP contribution in [0, 0.1) is 6.92 Å². The van der Waals surface area contributed by atoms with Crippen LogP contribution in [-0.4, -0.2) is 97.3 Å². The number of nitrogens with two attached hydrogens (primary N) is 2. The van der Waals surface area contributed by atoms with Crippen LogP contribution >= 0.6 is 0 Å². The van der Waals surface area contributed by atoms with E-state index >= 15 is 0 Å². The molecule has 6 N–H and O–H groups in total. The highest BCUT2D eigenvalue weighted by molar-refractivity contribution is 5.61. The van der Waals surface area contributed by atoms with E-state index in [1.807, 2.05) is 12.4 Å². The van der Waals surface area contributed by atoms with Gasteiger partial charge in [-0.3, -0.25) is 19.8 Å². The fraction of sp³-hybridized carbons (Fsp3) is 0.522. The molecule has 0 saturated carbocycles. The molecule has 2 atom stereocenters. The fourth-order valence-electron chi connectivity index (χ4n) is 9.56. The minimum Gasteiger partial charge on any atom is -0.371 e. The van der Waals surface area contributed by atoms with Gasteiger partial charge < -0.3 is 31.9 Å². The maximum absolute atomic E-state index is 6.40. The van der Waals surface area contributed by atoms with Crippen LogP contribution in [0.3, 0.4) is 0 Å². The van der Waals surface area contributed by atoms with Crippen molar-refractivity contribution in [2.24, 2.45) is 11.5 Å². The second-order valence-corrected chi connectivity index (χ2v) is 17.4. The molecule has 2 fully saturated rings. The molecule has 0 radical (unpaired) electrons. The number of aromatic nitrogens is 2. The van der Waals surface area contributed by atoms with Gasteiger partial charge in [-0.05, 0) is 129 Å². The van der Waals surface area contributed by atoms with Gasteiger partial charge in [0.25, 0.3) is 0 Å². The van der Waals surface area contributed by atoms with Crippen molar-refractivity contribution >= 4 is 11.4 Å². The lowest BCUT2D eigenvalue weighted by Crippen LogP contribution is -2.45. The molecule has 0 spiro atoms. The third-order valence-electron chi connectivity index (χ3n) is 12.7. The van der Waals surface area contributed by atoms with Crippen LogP contribution in [0.2, 0.25) is 0 Å². The van der Waals surface area contributed by atoms with Gasteiger partial charge in [0.05, 0.1) is 11.4 Å². The maximum atomic E-state index is 6.40. The van der Waals surface area contributed by atoms with E-state index in [2.05, 4.69) is 111 Å². The molecule has 4 aliphatic heterocycles. The predicted octanol–water partition coefficient (Wildman–Crippen LogP) is 4.52. The summed E-state index contributed by atoms with van der Waals surface area (Å²) in [7, 11) is 4.47. The highest BCUT2D eigenvalue weighted by Crippen LogP contribution is 2.34. The zero-order chi connectivity index (χ0) is 38.6. The second kappa shape index (κ2) is 17.7. The van der Waals surface area contributed by atoms with E-state index in [0.29, 0.717) is 24.2 Å². The van der Waals surface area contributed by atoms with Crippen LogP contribution in [0.25, 0.3) is 0 Å². The molecule has 6 heterocycles. The van der Waals surface area contributed by atoms with Crippen LogP contribution in [0.1, 0.15) is 76.0 Å². The molecule has 4 aromatic rings. The SMILES string of the molecule is Cc1ccc(CN(C)C[C@H]2Cc3c(cc(Cc4cccnc4CN(C)C[C@H]4Cc5c(cccc5N5CCC(N)CC5)CN4)cc3N3CCC(N)CC3)CN2)nc1. The van der Waals surface area contributed by atoms with E-state index in [9.17, 15) is 0 Å². The lowest BCUT2D eigenvalue weighted by atomic mass is 9.89. The number of benzene rings is 2. The van der Waals surface area contributed by atoms with Gasteiger partial charge in [-0.15, -0.1) is 0 Å². The van der Waals surface area contributed by atoms with Crippen LogP contribution in [0.5, 0.6) is 0 Å². The molecular formula is C46H64N10. The van der Waals surface area contributed by atoms with Gasteiger partial charge in [0.15, 0.2) is 0 Å². The number of hydrogen-bond acceptors (Lipinski definition) is 10. The van der Waals surface area contributed by atoms with Crippen molar-refractivity contribution in [1.82, 2.24) is 30.4 Å². The van der Waals surface area contributed by atoms with Crippen molar-refractivity contribution in [2.45, 2.75) is 102 Å². The Kier molecular flexibility index (Phi) is 12.3. The molecular weight excluding hydrogens is 693 g/mol. The van der Waals surface area contributed by atoms with Gasteiger partial charge in [-0.25, -0.2) is 0 Å². The topological polar surface area (TPSA) is 115 Å². The third kappa shape index (κ3) is 9.44. The minimum atomic E-state index is 0.299. The Labute approximate surface area is 335 Å². The Balaban J connectivity index is 0.949. The number of pyridine rings is 2. The maximum Gasteiger partial charge on any atom is 0.0579 e. The first kappa shape index (κ1) is 38.9. The van der Waals surface area contributed by atoms with Crippen LogP contribution < -0.4 is 31.9 Å². The third-order valence-corrected chi connectivity index (χ3v) is 12.7. The smallest absolute Gasteiger partial charge is 0.0579 e. The van der Waals surface area contributed by atoms with E-state index in [4.69, 9.17) is 16.5 Å². The largest absolute Gasteiger partial charge is 0.371 e. The summed E-state index contributed by atoms with van der Waals surface area (Å²) in [6, 6.07) is 21.9.